The molecule has 3 aromatic rings. The number of hydrogen-bond acceptors (Lipinski definition) is 7. The number of fused-ring (bicyclic) bond motifs is 2. The van der Waals surface area contributed by atoms with Crippen LogP contribution in [0.15, 0.2) is 53.7 Å². The molecular weight excluding hydrogens is 422 g/mol. The molecule has 170 valence electrons. The van der Waals surface area contributed by atoms with Crippen LogP contribution in [0.25, 0.3) is 0 Å². The first kappa shape index (κ1) is 21.0. The zero-order valence-corrected chi connectivity index (χ0v) is 18.5. The van der Waals surface area contributed by atoms with Gasteiger partial charge in [0.2, 0.25) is 5.95 Å². The Labute approximate surface area is 191 Å². The quantitative estimate of drug-likeness (QED) is 0.563. The van der Waals surface area contributed by atoms with Crippen LogP contribution in [0.1, 0.15) is 36.3 Å². The van der Waals surface area contributed by atoms with Crippen LogP contribution in [0.5, 0.6) is 11.5 Å². The predicted molar refractivity (Wildman–Crippen MR) is 122 cm³/mol. The summed E-state index contributed by atoms with van der Waals surface area (Å²) in [6.07, 6.45) is 0.799. The normalized spacial score (nSPS) is 17.1. The molecular formula is C24H25N5O4. The molecule has 2 aromatic carbocycles. The smallest absolute Gasteiger partial charge is 0.255 e. The Morgan fingerprint density at radius 2 is 1.97 bits per heavy atom. The average Bonchev–Trinajstić information content (AvgIpc) is 3.07. The van der Waals surface area contributed by atoms with Gasteiger partial charge in [-0.2, -0.15) is 10.1 Å². The molecule has 3 heterocycles. The highest BCUT2D eigenvalue weighted by Crippen LogP contribution is 2.39. The molecule has 0 bridgehead atoms. The minimum Gasteiger partial charge on any atom is -0.490 e. The number of carbonyl (C=O) groups is 1. The second kappa shape index (κ2) is 8.59. The van der Waals surface area contributed by atoms with Crippen molar-refractivity contribution in [1.29, 1.82) is 0 Å². The summed E-state index contributed by atoms with van der Waals surface area (Å²) in [5.74, 6) is 1.78. The summed E-state index contributed by atoms with van der Waals surface area (Å²) in [5, 5.41) is 20.2. The summed E-state index contributed by atoms with van der Waals surface area (Å²) < 4.78 is 13.3. The number of para-hydroxylation sites is 1. The maximum absolute atomic E-state index is 13.6. The number of nitrogens with one attached hydrogen (secondary N) is 2. The average molecular weight is 447 g/mol. The molecule has 0 radical (unpaired) electrons. The van der Waals surface area contributed by atoms with E-state index >= 15 is 0 Å². The summed E-state index contributed by atoms with van der Waals surface area (Å²) in [5.41, 5.74) is 3.65. The standard InChI is InChI=1S/C24H25N5O4/c1-14-6-3-4-7-17(14)26-23(31)21-15(2)25-24-27-20(13-30)28-29(24)22(21)16-8-9-18-19(12-16)33-11-5-10-32-18/h3-4,6-9,12,22,30H,5,10-11,13H2,1-2H3,(H,26,31)(H,25,27,28). The van der Waals surface area contributed by atoms with E-state index in [1.807, 2.05) is 56.3 Å². The topological polar surface area (TPSA) is 111 Å². The van der Waals surface area contributed by atoms with Crippen molar-refractivity contribution in [3.8, 4) is 11.5 Å². The number of aliphatic hydroxyl groups is 1. The number of rotatable bonds is 4. The van der Waals surface area contributed by atoms with E-state index in [9.17, 15) is 9.90 Å². The number of hydrogen-bond donors (Lipinski definition) is 3. The Balaban J connectivity index is 1.60. The van der Waals surface area contributed by atoms with Gasteiger partial charge in [-0.25, -0.2) is 4.68 Å². The highest BCUT2D eigenvalue weighted by molar-refractivity contribution is 6.06. The van der Waals surface area contributed by atoms with E-state index in [1.54, 1.807) is 4.68 Å². The number of ether oxygens (including phenoxy) is 2. The van der Waals surface area contributed by atoms with Crippen LogP contribution in [0, 0.1) is 6.92 Å². The first-order chi connectivity index (χ1) is 16.0. The minimum absolute atomic E-state index is 0.252. The molecule has 5 rings (SSSR count). The Morgan fingerprint density at radius 3 is 2.76 bits per heavy atom. The van der Waals surface area contributed by atoms with Gasteiger partial charge < -0.3 is 25.2 Å². The van der Waals surface area contributed by atoms with E-state index < -0.39 is 6.04 Å². The molecule has 9 nitrogen and oxygen atoms in total. The molecule has 1 unspecified atom stereocenters. The molecule has 33 heavy (non-hydrogen) atoms. The maximum atomic E-state index is 13.6. The van der Waals surface area contributed by atoms with E-state index in [0.29, 0.717) is 41.9 Å². The number of aliphatic hydroxyl groups excluding tert-OH is 1. The maximum Gasteiger partial charge on any atom is 0.255 e. The molecule has 3 N–H and O–H groups in total. The van der Waals surface area contributed by atoms with Crippen molar-refractivity contribution in [3.63, 3.8) is 0 Å². The third-order valence-corrected chi connectivity index (χ3v) is 5.76. The van der Waals surface area contributed by atoms with Gasteiger partial charge in [0.05, 0.1) is 18.8 Å². The van der Waals surface area contributed by atoms with Crippen LogP contribution in [-0.2, 0) is 11.4 Å². The van der Waals surface area contributed by atoms with Gasteiger partial charge in [-0.05, 0) is 43.2 Å². The molecule has 2 aliphatic rings. The van der Waals surface area contributed by atoms with Gasteiger partial charge in [0.15, 0.2) is 17.3 Å². The number of amides is 1. The molecule has 0 fully saturated rings. The van der Waals surface area contributed by atoms with Crippen molar-refractivity contribution in [2.75, 3.05) is 23.8 Å². The second-order valence-corrected chi connectivity index (χ2v) is 8.05. The monoisotopic (exact) mass is 447 g/mol. The molecule has 9 heteroatoms. The van der Waals surface area contributed by atoms with E-state index in [1.165, 1.54) is 0 Å². The van der Waals surface area contributed by atoms with Crippen LogP contribution < -0.4 is 20.1 Å². The molecule has 2 aliphatic heterocycles. The zero-order chi connectivity index (χ0) is 22.9. The number of aryl methyl sites for hydroxylation is 1. The molecule has 1 aromatic heterocycles. The Bertz CT molecular complexity index is 1250. The van der Waals surface area contributed by atoms with Gasteiger partial charge in [-0.15, -0.1) is 0 Å². The van der Waals surface area contributed by atoms with Crippen LogP contribution in [-0.4, -0.2) is 39.0 Å². The van der Waals surface area contributed by atoms with Crippen LogP contribution in [0.4, 0.5) is 11.6 Å². The summed E-state index contributed by atoms with van der Waals surface area (Å²) in [7, 11) is 0. The lowest BCUT2D eigenvalue weighted by molar-refractivity contribution is -0.113. The highest BCUT2D eigenvalue weighted by atomic mass is 16.5. The number of anilines is 2. The van der Waals surface area contributed by atoms with Gasteiger partial charge >= 0.3 is 0 Å². The van der Waals surface area contributed by atoms with Crippen molar-refractivity contribution in [3.05, 3.63) is 70.7 Å². The summed E-state index contributed by atoms with van der Waals surface area (Å²) in [6, 6.07) is 12.7. The van der Waals surface area contributed by atoms with Gasteiger partial charge in [-0.1, -0.05) is 24.3 Å². The van der Waals surface area contributed by atoms with Gasteiger partial charge in [0.25, 0.3) is 5.91 Å². The largest absolute Gasteiger partial charge is 0.490 e. The fraction of sp³-hybridized carbons (Fsp3) is 0.292. The van der Waals surface area contributed by atoms with E-state index in [2.05, 4.69) is 20.7 Å². The van der Waals surface area contributed by atoms with Gasteiger partial charge in [0, 0.05) is 17.8 Å². The van der Waals surface area contributed by atoms with E-state index in [-0.39, 0.29) is 18.3 Å². The molecule has 1 amide bonds. The Kier molecular flexibility index (Phi) is 5.47. The molecule has 0 spiro atoms. The fourth-order valence-corrected chi connectivity index (χ4v) is 4.12. The van der Waals surface area contributed by atoms with Crippen molar-refractivity contribution >= 4 is 17.5 Å². The van der Waals surface area contributed by atoms with E-state index in [0.717, 1.165) is 23.2 Å². The number of aromatic nitrogens is 3. The number of carbonyl (C=O) groups excluding carboxylic acids is 1. The molecule has 1 atom stereocenters. The van der Waals surface area contributed by atoms with Crippen LogP contribution in [0.2, 0.25) is 0 Å². The van der Waals surface area contributed by atoms with Crippen LogP contribution in [0.3, 0.4) is 0 Å². The summed E-state index contributed by atoms with van der Waals surface area (Å²) >= 11 is 0. The second-order valence-electron chi connectivity index (χ2n) is 8.05. The molecule has 0 aliphatic carbocycles. The van der Waals surface area contributed by atoms with Crippen molar-refractivity contribution in [1.82, 2.24) is 14.8 Å². The lowest BCUT2D eigenvalue weighted by Gasteiger charge is -2.29. The number of nitrogens with zero attached hydrogens (tertiary/aromatic N) is 3. The summed E-state index contributed by atoms with van der Waals surface area (Å²) in [4.78, 5) is 17.9. The fourth-order valence-electron chi connectivity index (χ4n) is 4.12. The molecule has 0 saturated heterocycles. The number of benzene rings is 2. The Hall–Kier alpha value is -3.85. The van der Waals surface area contributed by atoms with E-state index in [4.69, 9.17) is 9.47 Å². The highest BCUT2D eigenvalue weighted by Gasteiger charge is 2.35. The summed E-state index contributed by atoms with van der Waals surface area (Å²) in [6.45, 7) is 4.62. The minimum atomic E-state index is -0.574. The first-order valence-corrected chi connectivity index (χ1v) is 10.9. The van der Waals surface area contributed by atoms with Crippen molar-refractivity contribution in [2.45, 2.75) is 32.9 Å². The van der Waals surface area contributed by atoms with Crippen LogP contribution >= 0.6 is 0 Å². The van der Waals surface area contributed by atoms with Crippen molar-refractivity contribution < 1.29 is 19.4 Å². The third kappa shape index (κ3) is 3.91. The van der Waals surface area contributed by atoms with Gasteiger partial charge in [-0.3, -0.25) is 4.79 Å². The lowest BCUT2D eigenvalue weighted by Crippen LogP contribution is -2.31. The lowest BCUT2D eigenvalue weighted by atomic mass is 9.94. The predicted octanol–water partition coefficient (Wildman–Crippen LogP) is 3.17. The first-order valence-electron chi connectivity index (χ1n) is 10.9. The van der Waals surface area contributed by atoms with Crippen molar-refractivity contribution in [2.24, 2.45) is 0 Å². The number of allylic oxidation sites excluding steroid dienone is 1. The third-order valence-electron chi connectivity index (χ3n) is 5.76. The zero-order valence-electron chi connectivity index (χ0n) is 18.5. The molecule has 0 saturated carbocycles. The Morgan fingerprint density at radius 1 is 1.18 bits per heavy atom. The SMILES string of the molecule is CC1=C(C(=O)Nc2ccccc2C)C(c2ccc3c(c2)OCCCO3)n2nc(CO)nc2N1. The van der Waals surface area contributed by atoms with Gasteiger partial charge in [0.1, 0.15) is 12.6 Å².